The molecule has 0 amide bonds. The van der Waals surface area contributed by atoms with E-state index in [2.05, 4.69) is 52.9 Å². The summed E-state index contributed by atoms with van der Waals surface area (Å²) >= 11 is 0. The van der Waals surface area contributed by atoms with Gasteiger partial charge in [-0.15, -0.1) is 0 Å². The van der Waals surface area contributed by atoms with Crippen LogP contribution in [0.2, 0.25) is 0 Å². The Balaban J connectivity index is 2.34. The van der Waals surface area contributed by atoms with Gasteiger partial charge in [-0.25, -0.2) is 0 Å². The number of rotatable bonds is 1. The molecule has 2 rings (SSSR count). The van der Waals surface area contributed by atoms with E-state index in [0.717, 1.165) is 6.42 Å². The molecule has 1 saturated heterocycles. The Morgan fingerprint density at radius 3 is 2.24 bits per heavy atom. The molecule has 1 aliphatic carbocycles. The molecule has 1 heterocycles. The molecule has 98 valence electrons. The number of fused-ring (bicyclic) bond motifs is 1. The van der Waals surface area contributed by atoms with E-state index in [4.69, 9.17) is 4.74 Å². The molecule has 0 aromatic heterocycles. The standard InChI is InChI=1S/C15H27NO/c1-13(2,3)10-8-9-15(14(4,5)6)11(10)12(16-15)17-7/h8,11-12,16H,9H2,1-7H3/t11-,12?,15-/m0/s1. The number of hydrogen-bond acceptors (Lipinski definition) is 2. The zero-order valence-corrected chi connectivity index (χ0v) is 12.3. The molecule has 3 atom stereocenters. The van der Waals surface area contributed by atoms with Crippen LogP contribution in [0.3, 0.4) is 0 Å². The van der Waals surface area contributed by atoms with Crippen molar-refractivity contribution in [2.45, 2.75) is 59.7 Å². The van der Waals surface area contributed by atoms with Crippen molar-refractivity contribution in [3.8, 4) is 0 Å². The summed E-state index contributed by atoms with van der Waals surface area (Å²) in [6.45, 7) is 13.9. The minimum Gasteiger partial charge on any atom is -0.366 e. The van der Waals surface area contributed by atoms with E-state index in [1.54, 1.807) is 5.57 Å². The Morgan fingerprint density at radius 2 is 1.82 bits per heavy atom. The van der Waals surface area contributed by atoms with Crippen LogP contribution in [0, 0.1) is 16.7 Å². The molecule has 1 fully saturated rings. The van der Waals surface area contributed by atoms with E-state index >= 15 is 0 Å². The third kappa shape index (κ3) is 1.68. The molecule has 1 N–H and O–H groups in total. The Hall–Kier alpha value is -0.340. The third-order valence-corrected chi connectivity index (χ3v) is 4.67. The van der Waals surface area contributed by atoms with Gasteiger partial charge in [0.15, 0.2) is 0 Å². The maximum atomic E-state index is 5.59. The van der Waals surface area contributed by atoms with Crippen molar-refractivity contribution in [2.75, 3.05) is 7.11 Å². The van der Waals surface area contributed by atoms with Gasteiger partial charge in [0.1, 0.15) is 6.23 Å². The van der Waals surface area contributed by atoms with Gasteiger partial charge in [-0.2, -0.15) is 0 Å². The van der Waals surface area contributed by atoms with E-state index in [-0.39, 0.29) is 22.6 Å². The summed E-state index contributed by atoms with van der Waals surface area (Å²) in [6.07, 6.45) is 3.78. The second kappa shape index (κ2) is 3.58. The largest absolute Gasteiger partial charge is 0.366 e. The first-order chi connectivity index (χ1) is 7.63. The van der Waals surface area contributed by atoms with Crippen LogP contribution in [0.1, 0.15) is 48.0 Å². The number of nitrogens with one attached hydrogen (secondary N) is 1. The van der Waals surface area contributed by atoms with Crippen molar-refractivity contribution in [3.63, 3.8) is 0 Å². The predicted octanol–water partition coefficient (Wildman–Crippen LogP) is 3.34. The highest BCUT2D eigenvalue weighted by molar-refractivity contribution is 5.36. The number of hydrogen-bond donors (Lipinski definition) is 1. The first-order valence-electron chi connectivity index (χ1n) is 6.64. The van der Waals surface area contributed by atoms with E-state index in [9.17, 15) is 0 Å². The maximum absolute atomic E-state index is 5.59. The van der Waals surface area contributed by atoms with Gasteiger partial charge in [-0.3, -0.25) is 5.32 Å². The Labute approximate surface area is 106 Å². The second-order valence-electron chi connectivity index (χ2n) is 7.61. The lowest BCUT2D eigenvalue weighted by Gasteiger charge is -2.61. The molecule has 2 heteroatoms. The minimum atomic E-state index is 0.196. The molecule has 1 unspecified atom stereocenters. The first-order valence-corrected chi connectivity index (χ1v) is 6.64. The number of ether oxygens (including phenoxy) is 1. The molecule has 0 aromatic carbocycles. The molecule has 1 aliphatic heterocycles. The van der Waals surface area contributed by atoms with Crippen LogP contribution in [0.15, 0.2) is 11.6 Å². The average molecular weight is 237 g/mol. The Bertz CT molecular complexity index is 345. The van der Waals surface area contributed by atoms with Crippen molar-refractivity contribution in [1.82, 2.24) is 5.32 Å². The molecule has 0 aromatic rings. The van der Waals surface area contributed by atoms with Gasteiger partial charge in [0.05, 0.1) is 0 Å². The van der Waals surface area contributed by atoms with E-state index in [1.165, 1.54) is 0 Å². The summed E-state index contributed by atoms with van der Waals surface area (Å²) in [4.78, 5) is 0. The monoisotopic (exact) mass is 237 g/mol. The highest BCUT2D eigenvalue weighted by Crippen LogP contribution is 2.58. The third-order valence-electron chi connectivity index (χ3n) is 4.67. The summed E-state index contributed by atoms with van der Waals surface area (Å²) < 4.78 is 5.59. The molecule has 17 heavy (non-hydrogen) atoms. The average Bonchev–Trinajstić information content (AvgIpc) is 2.39. The molecular weight excluding hydrogens is 210 g/mol. The molecule has 0 saturated carbocycles. The van der Waals surface area contributed by atoms with E-state index in [1.807, 2.05) is 7.11 Å². The van der Waals surface area contributed by atoms with E-state index in [0.29, 0.717) is 5.92 Å². The lowest BCUT2D eigenvalue weighted by Crippen LogP contribution is -2.76. The summed E-state index contributed by atoms with van der Waals surface area (Å²) in [7, 11) is 1.81. The van der Waals surface area contributed by atoms with Crippen molar-refractivity contribution >= 4 is 0 Å². The van der Waals surface area contributed by atoms with Crippen LogP contribution in [0.4, 0.5) is 0 Å². The molecule has 0 spiro atoms. The van der Waals surface area contributed by atoms with Gasteiger partial charge in [0, 0.05) is 18.6 Å². The van der Waals surface area contributed by atoms with Gasteiger partial charge in [0.25, 0.3) is 0 Å². The lowest BCUT2D eigenvalue weighted by molar-refractivity contribution is -0.138. The van der Waals surface area contributed by atoms with Crippen molar-refractivity contribution in [3.05, 3.63) is 11.6 Å². The minimum absolute atomic E-state index is 0.196. The highest BCUT2D eigenvalue weighted by Gasteiger charge is 2.63. The Kier molecular flexibility index (Phi) is 2.76. The van der Waals surface area contributed by atoms with Gasteiger partial charge < -0.3 is 4.74 Å². The van der Waals surface area contributed by atoms with Crippen LogP contribution in [-0.2, 0) is 4.74 Å². The normalized spacial score (nSPS) is 37.5. The summed E-state index contributed by atoms with van der Waals surface area (Å²) in [5.74, 6) is 0.535. The fourth-order valence-corrected chi connectivity index (χ4v) is 3.56. The molecule has 0 radical (unpaired) electrons. The fourth-order valence-electron chi connectivity index (χ4n) is 3.56. The quantitative estimate of drug-likeness (QED) is 0.706. The summed E-state index contributed by atoms with van der Waals surface area (Å²) in [5.41, 5.74) is 2.28. The van der Waals surface area contributed by atoms with E-state index < -0.39 is 0 Å². The van der Waals surface area contributed by atoms with Gasteiger partial charge >= 0.3 is 0 Å². The van der Waals surface area contributed by atoms with Crippen LogP contribution >= 0.6 is 0 Å². The van der Waals surface area contributed by atoms with Gasteiger partial charge in [0.2, 0.25) is 0 Å². The lowest BCUT2D eigenvalue weighted by atomic mass is 9.58. The topological polar surface area (TPSA) is 21.3 Å². The predicted molar refractivity (Wildman–Crippen MR) is 71.8 cm³/mol. The van der Waals surface area contributed by atoms with Crippen molar-refractivity contribution in [1.29, 1.82) is 0 Å². The smallest absolute Gasteiger partial charge is 0.116 e. The summed E-state index contributed by atoms with van der Waals surface area (Å²) in [6, 6.07) is 0. The molecular formula is C15H27NO. The van der Waals surface area contributed by atoms with Gasteiger partial charge in [-0.05, 0) is 17.3 Å². The first kappa shape index (κ1) is 13.1. The van der Waals surface area contributed by atoms with Crippen molar-refractivity contribution < 1.29 is 4.74 Å². The maximum Gasteiger partial charge on any atom is 0.116 e. The molecule has 2 nitrogen and oxygen atoms in total. The summed E-state index contributed by atoms with van der Waals surface area (Å²) in [5, 5.41) is 3.67. The van der Waals surface area contributed by atoms with Gasteiger partial charge in [-0.1, -0.05) is 53.2 Å². The zero-order valence-electron chi connectivity index (χ0n) is 12.3. The molecule has 0 bridgehead atoms. The van der Waals surface area contributed by atoms with Crippen LogP contribution in [0.5, 0.6) is 0 Å². The zero-order chi connectivity index (χ0) is 13.1. The number of methoxy groups -OCH3 is 1. The molecule has 2 aliphatic rings. The van der Waals surface area contributed by atoms with Crippen molar-refractivity contribution in [2.24, 2.45) is 16.7 Å². The van der Waals surface area contributed by atoms with Crippen LogP contribution < -0.4 is 5.32 Å². The van der Waals surface area contributed by atoms with Crippen LogP contribution in [-0.4, -0.2) is 18.9 Å². The second-order valence-corrected chi connectivity index (χ2v) is 7.61. The fraction of sp³-hybridized carbons (Fsp3) is 0.867. The van der Waals surface area contributed by atoms with Crippen LogP contribution in [0.25, 0.3) is 0 Å². The SMILES string of the molecule is COC1N[C@@]2(C(C)(C)C)CC=C(C(C)(C)C)[C@@H]12. The highest BCUT2D eigenvalue weighted by atomic mass is 16.5. The Morgan fingerprint density at radius 1 is 1.24 bits per heavy atom.